The van der Waals surface area contributed by atoms with E-state index in [0.29, 0.717) is 22.3 Å². The summed E-state index contributed by atoms with van der Waals surface area (Å²) in [5.74, 6) is 0.168. The van der Waals surface area contributed by atoms with Gasteiger partial charge in [0.1, 0.15) is 11.5 Å². The second-order valence-electron chi connectivity index (χ2n) is 6.13. The molecule has 2 aromatic rings. The van der Waals surface area contributed by atoms with Gasteiger partial charge in [-0.05, 0) is 43.7 Å². The number of rotatable bonds is 4. The van der Waals surface area contributed by atoms with Crippen LogP contribution in [0.25, 0.3) is 11.3 Å². The SMILES string of the molecule is O=C(Nc1nc(-c2ccc(O)cc2O)cs1)C1CCC(CO)CC1. The van der Waals surface area contributed by atoms with Crippen LogP contribution in [0.1, 0.15) is 25.7 Å². The van der Waals surface area contributed by atoms with Gasteiger partial charge in [-0.3, -0.25) is 4.79 Å². The number of thiazole rings is 1. The third-order valence-electron chi connectivity index (χ3n) is 4.47. The summed E-state index contributed by atoms with van der Waals surface area (Å²) in [4.78, 5) is 16.7. The van der Waals surface area contributed by atoms with Gasteiger partial charge in [-0.1, -0.05) is 0 Å². The number of phenols is 2. The topological polar surface area (TPSA) is 103 Å². The first kappa shape index (κ1) is 16.7. The quantitative estimate of drug-likeness (QED) is 0.680. The average molecular weight is 348 g/mol. The van der Waals surface area contributed by atoms with Gasteiger partial charge in [0, 0.05) is 29.5 Å². The molecule has 0 bridgehead atoms. The first-order valence-electron chi connectivity index (χ1n) is 7.96. The summed E-state index contributed by atoms with van der Waals surface area (Å²) in [6.45, 7) is 0.195. The van der Waals surface area contributed by atoms with E-state index in [1.807, 2.05) is 0 Å². The Hall–Kier alpha value is -2.12. The highest BCUT2D eigenvalue weighted by atomic mass is 32.1. The number of anilines is 1. The highest BCUT2D eigenvalue weighted by Crippen LogP contribution is 2.34. The van der Waals surface area contributed by atoms with Crippen LogP contribution in [0.4, 0.5) is 5.13 Å². The standard InChI is InChI=1S/C17H20N2O4S/c20-8-10-1-3-11(4-2-10)16(23)19-17-18-14(9-24-17)13-6-5-12(21)7-15(13)22/h5-7,9-11,20-22H,1-4,8H2,(H,18,19,23). The van der Waals surface area contributed by atoms with Crippen molar-refractivity contribution >= 4 is 22.4 Å². The Bertz CT molecular complexity index is 723. The van der Waals surface area contributed by atoms with Gasteiger partial charge in [0.05, 0.1) is 5.69 Å². The third kappa shape index (κ3) is 3.68. The molecule has 1 aliphatic carbocycles. The monoisotopic (exact) mass is 348 g/mol. The first-order valence-corrected chi connectivity index (χ1v) is 8.84. The number of hydrogen-bond donors (Lipinski definition) is 4. The summed E-state index contributed by atoms with van der Waals surface area (Å²) in [7, 11) is 0. The second-order valence-corrected chi connectivity index (χ2v) is 6.99. The zero-order valence-electron chi connectivity index (χ0n) is 13.1. The lowest BCUT2D eigenvalue weighted by Gasteiger charge is -2.25. The molecular formula is C17H20N2O4S. The number of hydrogen-bond acceptors (Lipinski definition) is 6. The van der Waals surface area contributed by atoms with Crippen LogP contribution < -0.4 is 5.32 Å². The highest BCUT2D eigenvalue weighted by molar-refractivity contribution is 7.14. The number of nitrogens with one attached hydrogen (secondary N) is 1. The lowest BCUT2D eigenvalue weighted by atomic mass is 9.82. The van der Waals surface area contributed by atoms with Crippen LogP contribution in [-0.4, -0.2) is 32.8 Å². The number of carbonyl (C=O) groups is 1. The molecule has 0 radical (unpaired) electrons. The highest BCUT2D eigenvalue weighted by Gasteiger charge is 2.26. The van der Waals surface area contributed by atoms with E-state index in [2.05, 4.69) is 10.3 Å². The number of aromatic nitrogens is 1. The molecule has 0 aliphatic heterocycles. The van der Waals surface area contributed by atoms with Gasteiger partial charge < -0.3 is 20.6 Å². The predicted molar refractivity (Wildman–Crippen MR) is 92.0 cm³/mol. The van der Waals surface area contributed by atoms with Gasteiger partial charge in [0.2, 0.25) is 5.91 Å². The van der Waals surface area contributed by atoms with Crippen LogP contribution in [-0.2, 0) is 4.79 Å². The maximum absolute atomic E-state index is 12.3. The normalized spacial score (nSPS) is 20.7. The van der Waals surface area contributed by atoms with Crippen molar-refractivity contribution in [2.24, 2.45) is 11.8 Å². The lowest BCUT2D eigenvalue weighted by Crippen LogP contribution is -2.28. The van der Waals surface area contributed by atoms with Gasteiger partial charge in [0.25, 0.3) is 0 Å². The number of benzene rings is 1. The largest absolute Gasteiger partial charge is 0.508 e. The van der Waals surface area contributed by atoms with E-state index in [9.17, 15) is 15.0 Å². The molecule has 0 saturated heterocycles. The smallest absolute Gasteiger partial charge is 0.229 e. The second kappa shape index (κ2) is 7.19. The number of aliphatic hydroxyl groups is 1. The molecule has 3 rings (SSSR count). The molecule has 0 unspecified atom stereocenters. The van der Waals surface area contributed by atoms with Crippen LogP contribution >= 0.6 is 11.3 Å². The minimum atomic E-state index is -0.0551. The Kier molecular flexibility index (Phi) is 5.01. The van der Waals surface area contributed by atoms with Gasteiger partial charge in [0.15, 0.2) is 5.13 Å². The molecular weight excluding hydrogens is 328 g/mol. The van der Waals surface area contributed by atoms with Crippen LogP contribution in [0.15, 0.2) is 23.6 Å². The molecule has 0 atom stereocenters. The van der Waals surface area contributed by atoms with Crippen LogP contribution in [0.5, 0.6) is 11.5 Å². The molecule has 4 N–H and O–H groups in total. The van der Waals surface area contributed by atoms with Gasteiger partial charge in [-0.25, -0.2) is 4.98 Å². The molecule has 0 spiro atoms. The number of phenolic OH excluding ortho intramolecular Hbond substituents is 2. The first-order chi connectivity index (χ1) is 11.6. The van der Waals surface area contributed by atoms with Crippen LogP contribution in [0.3, 0.4) is 0 Å². The Balaban J connectivity index is 1.65. The fourth-order valence-corrected chi connectivity index (χ4v) is 3.72. The third-order valence-corrected chi connectivity index (χ3v) is 5.23. The Morgan fingerprint density at radius 1 is 1.25 bits per heavy atom. The van der Waals surface area contributed by atoms with Crippen molar-refractivity contribution in [2.75, 3.05) is 11.9 Å². The number of nitrogens with zero attached hydrogens (tertiary/aromatic N) is 1. The molecule has 1 saturated carbocycles. The predicted octanol–water partition coefficient (Wildman–Crippen LogP) is 2.96. The van der Waals surface area contributed by atoms with E-state index < -0.39 is 0 Å². The summed E-state index contributed by atoms with van der Waals surface area (Å²) < 4.78 is 0. The maximum atomic E-state index is 12.3. The summed E-state index contributed by atoms with van der Waals surface area (Å²) in [5.41, 5.74) is 1.06. The Morgan fingerprint density at radius 3 is 2.67 bits per heavy atom. The summed E-state index contributed by atoms with van der Waals surface area (Å²) in [6, 6.07) is 4.32. The minimum Gasteiger partial charge on any atom is -0.508 e. The summed E-state index contributed by atoms with van der Waals surface area (Å²) in [6.07, 6.45) is 3.32. The van der Waals surface area contributed by atoms with Crippen LogP contribution in [0, 0.1) is 11.8 Å². The molecule has 1 aromatic carbocycles. The zero-order chi connectivity index (χ0) is 17.1. The molecule has 7 heteroatoms. The molecule has 1 heterocycles. The fourth-order valence-electron chi connectivity index (χ4n) is 3.01. The van der Waals surface area contributed by atoms with Crippen molar-refractivity contribution in [3.05, 3.63) is 23.6 Å². The average Bonchev–Trinajstić information content (AvgIpc) is 3.03. The van der Waals surface area contributed by atoms with Crippen molar-refractivity contribution < 1.29 is 20.1 Å². The van der Waals surface area contributed by atoms with Crippen molar-refractivity contribution in [2.45, 2.75) is 25.7 Å². The van der Waals surface area contributed by atoms with Gasteiger partial charge >= 0.3 is 0 Å². The lowest BCUT2D eigenvalue weighted by molar-refractivity contribution is -0.121. The number of amides is 1. The van der Waals surface area contributed by atoms with Crippen molar-refractivity contribution in [1.29, 1.82) is 0 Å². The van der Waals surface area contributed by atoms with E-state index >= 15 is 0 Å². The Morgan fingerprint density at radius 2 is 2.00 bits per heavy atom. The molecule has 128 valence electrons. The molecule has 1 amide bonds. The molecule has 6 nitrogen and oxygen atoms in total. The van der Waals surface area contributed by atoms with Gasteiger partial charge in [-0.2, -0.15) is 0 Å². The zero-order valence-corrected chi connectivity index (χ0v) is 13.9. The fraction of sp³-hybridized carbons (Fsp3) is 0.412. The molecule has 24 heavy (non-hydrogen) atoms. The van der Waals surface area contributed by atoms with Gasteiger partial charge in [-0.15, -0.1) is 11.3 Å². The minimum absolute atomic E-state index is 0.0153. The Labute approximate surface area is 143 Å². The maximum Gasteiger partial charge on any atom is 0.229 e. The number of aliphatic hydroxyl groups excluding tert-OH is 1. The van der Waals surface area contributed by atoms with E-state index in [0.717, 1.165) is 25.7 Å². The summed E-state index contributed by atoms with van der Waals surface area (Å²) in [5, 5.41) is 33.5. The summed E-state index contributed by atoms with van der Waals surface area (Å²) >= 11 is 1.30. The van der Waals surface area contributed by atoms with Crippen molar-refractivity contribution in [3.8, 4) is 22.8 Å². The molecule has 1 fully saturated rings. The molecule has 1 aromatic heterocycles. The van der Waals surface area contributed by atoms with E-state index in [-0.39, 0.29) is 29.9 Å². The number of carbonyl (C=O) groups excluding carboxylic acids is 1. The molecule has 1 aliphatic rings. The van der Waals surface area contributed by atoms with E-state index in [1.54, 1.807) is 11.4 Å². The van der Waals surface area contributed by atoms with Crippen molar-refractivity contribution in [3.63, 3.8) is 0 Å². The number of aromatic hydroxyl groups is 2. The van der Waals surface area contributed by atoms with E-state index in [4.69, 9.17) is 5.11 Å². The van der Waals surface area contributed by atoms with Crippen LogP contribution in [0.2, 0.25) is 0 Å². The van der Waals surface area contributed by atoms with Crippen molar-refractivity contribution in [1.82, 2.24) is 4.98 Å². The van der Waals surface area contributed by atoms with E-state index in [1.165, 1.54) is 23.5 Å².